The maximum atomic E-state index is 2.42. The summed E-state index contributed by atoms with van der Waals surface area (Å²) < 4.78 is 3.37. The summed E-state index contributed by atoms with van der Waals surface area (Å²) in [5.41, 5.74) is 1.56. The summed E-state index contributed by atoms with van der Waals surface area (Å²) in [4.78, 5) is 0. The summed E-state index contributed by atoms with van der Waals surface area (Å²) in [6.07, 6.45) is 0. The topological polar surface area (TPSA) is 0 Å². The second-order valence-corrected chi connectivity index (χ2v) is 8.03. The van der Waals surface area contributed by atoms with Crippen molar-refractivity contribution in [1.29, 1.82) is 0 Å². The van der Waals surface area contributed by atoms with Gasteiger partial charge in [-0.2, -0.15) is 0 Å². The van der Waals surface area contributed by atoms with Crippen molar-refractivity contribution in [2.45, 2.75) is 26.7 Å². The average Bonchev–Trinajstić information content (AvgIpc) is 2.64. The summed E-state index contributed by atoms with van der Waals surface area (Å²) >= 11 is -0.112. The molecule has 0 amide bonds. The number of hydrogen-bond acceptors (Lipinski definition) is 0. The molecule has 86 valence electrons. The molecular formula is C16H16Te. The van der Waals surface area contributed by atoms with Gasteiger partial charge in [0.05, 0.1) is 0 Å². The van der Waals surface area contributed by atoms with Crippen molar-refractivity contribution in [2.24, 2.45) is 0 Å². The van der Waals surface area contributed by atoms with Crippen molar-refractivity contribution >= 4 is 40.0 Å². The van der Waals surface area contributed by atoms with Gasteiger partial charge in [0, 0.05) is 0 Å². The van der Waals surface area contributed by atoms with Crippen molar-refractivity contribution in [3.05, 3.63) is 45.5 Å². The number of rotatable bonds is 1. The van der Waals surface area contributed by atoms with E-state index in [9.17, 15) is 0 Å². The van der Waals surface area contributed by atoms with E-state index in [1.54, 1.807) is 12.5 Å². The molecule has 0 nitrogen and oxygen atoms in total. The van der Waals surface area contributed by atoms with Gasteiger partial charge in [0.25, 0.3) is 0 Å². The molecular weight excluding hydrogens is 320 g/mol. The predicted octanol–water partition coefficient (Wildman–Crippen LogP) is 4.48. The van der Waals surface area contributed by atoms with Gasteiger partial charge in [0.2, 0.25) is 0 Å². The number of aryl methyl sites for hydroxylation is 1. The predicted molar refractivity (Wildman–Crippen MR) is 77.2 cm³/mol. The first kappa shape index (κ1) is 11.3. The molecule has 0 N–H and O–H groups in total. The molecule has 0 atom stereocenters. The SMILES string of the molecule is Cc1c(C(C)C)[te]c2cc3ccccc3cc12. The molecule has 1 heterocycles. The average molecular weight is 336 g/mol. The third kappa shape index (κ3) is 1.82. The molecule has 0 bridgehead atoms. The fourth-order valence-electron chi connectivity index (χ4n) is 2.48. The van der Waals surface area contributed by atoms with E-state index in [1.807, 2.05) is 0 Å². The van der Waals surface area contributed by atoms with Crippen molar-refractivity contribution in [2.75, 3.05) is 0 Å². The van der Waals surface area contributed by atoms with Gasteiger partial charge >= 0.3 is 112 Å². The van der Waals surface area contributed by atoms with E-state index in [-0.39, 0.29) is 20.4 Å². The molecule has 0 aliphatic heterocycles. The van der Waals surface area contributed by atoms with E-state index in [0.29, 0.717) is 5.92 Å². The van der Waals surface area contributed by atoms with Crippen LogP contribution in [0.4, 0.5) is 0 Å². The van der Waals surface area contributed by atoms with E-state index < -0.39 is 0 Å². The van der Waals surface area contributed by atoms with Gasteiger partial charge in [-0.3, -0.25) is 0 Å². The van der Waals surface area contributed by atoms with Gasteiger partial charge in [-0.1, -0.05) is 0 Å². The Bertz CT molecular complexity index is 689. The zero-order valence-corrected chi connectivity index (χ0v) is 12.8. The fraction of sp³-hybridized carbons (Fsp3) is 0.250. The van der Waals surface area contributed by atoms with Crippen molar-refractivity contribution < 1.29 is 0 Å². The Morgan fingerprint density at radius 1 is 1.00 bits per heavy atom. The van der Waals surface area contributed by atoms with Gasteiger partial charge in [0.15, 0.2) is 0 Å². The quantitative estimate of drug-likeness (QED) is 0.575. The van der Waals surface area contributed by atoms with E-state index in [2.05, 4.69) is 57.2 Å². The molecule has 1 heteroatoms. The Kier molecular flexibility index (Phi) is 2.77. The summed E-state index contributed by atoms with van der Waals surface area (Å²) in [5.74, 6) is 0.716. The van der Waals surface area contributed by atoms with Crippen LogP contribution in [0.5, 0.6) is 0 Å². The molecule has 0 aliphatic rings. The van der Waals surface area contributed by atoms with E-state index in [0.717, 1.165) is 0 Å². The Labute approximate surface area is 112 Å². The first-order chi connectivity index (χ1) is 8.16. The minimum atomic E-state index is -0.112. The first-order valence-electron chi connectivity index (χ1n) is 6.08. The summed E-state index contributed by atoms with van der Waals surface area (Å²) in [6, 6.07) is 13.5. The van der Waals surface area contributed by atoms with E-state index in [4.69, 9.17) is 0 Å². The van der Waals surface area contributed by atoms with E-state index >= 15 is 0 Å². The van der Waals surface area contributed by atoms with Crippen LogP contribution in [0.3, 0.4) is 0 Å². The molecule has 17 heavy (non-hydrogen) atoms. The molecule has 0 aliphatic carbocycles. The van der Waals surface area contributed by atoms with Crippen LogP contribution in [0.15, 0.2) is 36.4 Å². The van der Waals surface area contributed by atoms with Gasteiger partial charge in [-0.25, -0.2) is 0 Å². The molecule has 0 spiro atoms. The molecule has 3 rings (SSSR count). The maximum absolute atomic E-state index is 2.42. The first-order valence-corrected chi connectivity index (χ1v) is 8.41. The van der Waals surface area contributed by atoms with Crippen LogP contribution < -0.4 is 0 Å². The second-order valence-electron chi connectivity index (χ2n) is 4.94. The van der Waals surface area contributed by atoms with Gasteiger partial charge < -0.3 is 0 Å². The fourth-order valence-corrected chi connectivity index (χ4v) is 6.02. The Hall–Kier alpha value is -0.770. The zero-order chi connectivity index (χ0) is 12.0. The number of hydrogen-bond donors (Lipinski definition) is 0. The normalized spacial score (nSPS) is 11.8. The molecule has 0 unspecified atom stereocenters. The molecule has 0 saturated carbocycles. The van der Waals surface area contributed by atoms with Gasteiger partial charge in [-0.15, -0.1) is 0 Å². The molecule has 0 fully saturated rings. The minimum absolute atomic E-state index is 0.112. The van der Waals surface area contributed by atoms with Crippen LogP contribution in [0.1, 0.15) is 28.9 Å². The number of benzene rings is 2. The zero-order valence-electron chi connectivity index (χ0n) is 10.4. The Morgan fingerprint density at radius 2 is 1.65 bits per heavy atom. The van der Waals surface area contributed by atoms with Crippen LogP contribution >= 0.6 is 0 Å². The van der Waals surface area contributed by atoms with E-state index in [1.165, 1.54) is 16.2 Å². The summed E-state index contributed by atoms with van der Waals surface area (Å²) in [5, 5.41) is 4.30. The van der Waals surface area contributed by atoms with Crippen LogP contribution in [0.2, 0.25) is 0 Å². The Balaban J connectivity index is 2.40. The van der Waals surface area contributed by atoms with Crippen LogP contribution in [0.25, 0.3) is 19.6 Å². The third-order valence-corrected chi connectivity index (χ3v) is 7.80. The molecule has 0 saturated heterocycles. The Morgan fingerprint density at radius 3 is 2.29 bits per heavy atom. The summed E-state index contributed by atoms with van der Waals surface area (Å²) in [6.45, 7) is 6.96. The monoisotopic (exact) mass is 338 g/mol. The van der Waals surface area contributed by atoms with Crippen molar-refractivity contribution in [3.63, 3.8) is 0 Å². The van der Waals surface area contributed by atoms with Gasteiger partial charge in [-0.05, 0) is 0 Å². The number of fused-ring (bicyclic) bond motifs is 2. The summed E-state index contributed by atoms with van der Waals surface area (Å²) in [7, 11) is 0. The van der Waals surface area contributed by atoms with Crippen LogP contribution in [-0.2, 0) is 0 Å². The van der Waals surface area contributed by atoms with Crippen molar-refractivity contribution in [3.8, 4) is 0 Å². The van der Waals surface area contributed by atoms with Gasteiger partial charge in [0.1, 0.15) is 0 Å². The molecule has 0 radical (unpaired) electrons. The van der Waals surface area contributed by atoms with Crippen LogP contribution in [-0.4, -0.2) is 20.4 Å². The molecule has 3 aromatic rings. The standard InChI is InChI=1S/C16H16Te/c1-10(2)16-11(3)14-8-12-6-4-5-7-13(12)9-15(14)17-16/h4-10H,1-3H3. The van der Waals surface area contributed by atoms with Crippen molar-refractivity contribution in [1.82, 2.24) is 0 Å². The third-order valence-electron chi connectivity index (χ3n) is 3.37. The molecule has 1 aromatic heterocycles. The molecule has 2 aromatic carbocycles. The second kappa shape index (κ2) is 4.16. The van der Waals surface area contributed by atoms with Crippen LogP contribution in [0, 0.1) is 6.92 Å².